The number of benzene rings is 14. The first-order chi connectivity index (χ1) is 51.9. The minimum absolute atomic E-state index is 0.239. The lowest BCUT2D eigenvalue weighted by Crippen LogP contribution is -2.40. The highest BCUT2D eigenvalue weighted by Gasteiger charge is 2.48. The Hall–Kier alpha value is -13.6. The van der Waals surface area contributed by atoms with Crippen molar-refractivity contribution in [3.8, 4) is 50.3 Å². The van der Waals surface area contributed by atoms with Gasteiger partial charge in [0.2, 0.25) is 0 Å². The van der Waals surface area contributed by atoms with Gasteiger partial charge < -0.3 is 35.7 Å². The fourth-order valence-corrected chi connectivity index (χ4v) is 18.1. The van der Waals surface area contributed by atoms with Crippen molar-refractivity contribution < 1.29 is 35.7 Å². The average molecular weight is 1350 g/mol. The van der Waals surface area contributed by atoms with Gasteiger partial charge in [-0.1, -0.05) is 176 Å². The van der Waals surface area contributed by atoms with Gasteiger partial charge in [-0.15, -0.1) is 0 Å². The molecule has 0 saturated carbocycles. The molecule has 21 aromatic rings. The molecule has 2 aliphatic carbocycles. The van der Waals surface area contributed by atoms with Gasteiger partial charge in [0.25, 0.3) is 0 Å². The molecule has 0 N–H and O–H groups in total. The van der Waals surface area contributed by atoms with Gasteiger partial charge >= 0.3 is 0 Å². The van der Waals surface area contributed by atoms with E-state index in [1.54, 1.807) is 0 Å². The van der Waals surface area contributed by atoms with Gasteiger partial charge in [-0.25, -0.2) is 0 Å². The number of ether oxygens (including phenoxy) is 1. The molecular weight excluding hydrogens is 1290 g/mol. The van der Waals surface area contributed by atoms with Crippen LogP contribution in [0.15, 0.2) is 334 Å². The molecule has 8 heteroatoms. The lowest BCUT2D eigenvalue weighted by molar-refractivity contribution is 0.277. The maximum absolute atomic E-state index is 7.17. The Morgan fingerprint density at radius 3 is 1.04 bits per heavy atom. The van der Waals surface area contributed by atoms with Gasteiger partial charge in [0, 0.05) is 93.1 Å². The third kappa shape index (κ3) is 8.39. The van der Waals surface area contributed by atoms with Crippen molar-refractivity contribution in [1.82, 2.24) is 0 Å². The predicted molar refractivity (Wildman–Crippen MR) is 423 cm³/mol. The van der Waals surface area contributed by atoms with Crippen molar-refractivity contribution in [1.29, 1.82) is 0 Å². The van der Waals surface area contributed by atoms with E-state index in [0.29, 0.717) is 12.8 Å². The second-order valence-corrected chi connectivity index (χ2v) is 28.7. The fraction of sp³-hybridized carbons (Fsp3) is 0.0515. The van der Waals surface area contributed by atoms with Gasteiger partial charge in [-0.05, 0) is 201 Å². The fourth-order valence-electron chi connectivity index (χ4n) is 18.1. The summed E-state index contributed by atoms with van der Waals surface area (Å²) in [6.45, 7) is 0. The highest BCUT2D eigenvalue weighted by Crippen LogP contribution is 2.57. The zero-order valence-electron chi connectivity index (χ0n) is 56.2. The summed E-state index contributed by atoms with van der Waals surface area (Å²) >= 11 is 0. The average Bonchev–Trinajstić information content (AvgIpc) is 1.66. The molecule has 0 amide bonds. The van der Waals surface area contributed by atoms with Gasteiger partial charge in [0.15, 0.2) is 0 Å². The minimum atomic E-state index is -0.947. The molecule has 492 valence electrons. The molecule has 24 rings (SSSR count). The molecule has 2 atom stereocenters. The molecule has 105 heavy (non-hydrogen) atoms. The largest absolute Gasteiger partial charge is 0.485 e. The molecule has 7 aromatic heterocycles. The summed E-state index contributed by atoms with van der Waals surface area (Å²) in [5, 5.41) is 13.1. The third-order valence-corrected chi connectivity index (χ3v) is 23.2. The van der Waals surface area contributed by atoms with Crippen LogP contribution in [0.1, 0.15) is 34.4 Å². The van der Waals surface area contributed by atoms with Crippen LogP contribution in [-0.2, 0) is 11.8 Å². The molecule has 3 aliphatic rings. The lowest BCUT2D eigenvalue weighted by Gasteiger charge is -2.44. The molecule has 8 heterocycles. The molecule has 0 saturated heterocycles. The number of allylic oxidation sites excluding steroid dienone is 3. The highest BCUT2D eigenvalue weighted by atomic mass is 16.5. The SMILES string of the molecule is C1=CC(C(C2=CCC3Oc4cc5c(cc4C3=C2)oc2ccc(-c3ccccc3)cc25)(c2ccc3oc4cc5c(cc4c3c2)oc2ccc(-c3ccccc3)cc25)c2ccc3oc4cc5c(cc4c3c2)oc2ccc(-c3ccccc3)cc25)Cc2c1oc1cc3c(cc21)oc1ccc(-c2ccccc2)cc13. The van der Waals surface area contributed by atoms with Crippen LogP contribution in [-0.4, -0.2) is 6.10 Å². The molecule has 2 unspecified atom stereocenters. The summed E-state index contributed by atoms with van der Waals surface area (Å²) in [6.07, 6.45) is 10.5. The standard InChI is InChI=1S/C97H56O8/c1-5-13-53(14-6-1)57-21-29-81-65(37-57)73-45-93-77(49-89(73)98-81)69-41-61(25-33-85(69)102-93)97(62-26-34-86-70(42-62)78-50-90-74(46-94(78)103-86)66-38-58(22-30-82(66)99-90)54-15-7-2-8-16-54,63-27-35-87-71(43-63)79-51-91-75(47-95(79)104-87)67-39-59(23-31-83(67)100-91)55-17-9-3-10-18-55)64-28-36-88-72(44-64)80-52-92-76(48-96(80)105-88)68-40-60(24-32-84(68)101-92)56-19-11-4-12-20-56/h1-35,37-42,44-52,63,88H,36,43H2. The minimum Gasteiger partial charge on any atom is -0.485 e. The van der Waals surface area contributed by atoms with E-state index in [-0.39, 0.29) is 12.0 Å². The van der Waals surface area contributed by atoms with E-state index in [9.17, 15) is 0 Å². The quantitative estimate of drug-likeness (QED) is 0.148. The first-order valence-electron chi connectivity index (χ1n) is 36.0. The Balaban J connectivity index is 0.736. The first kappa shape index (κ1) is 57.1. The van der Waals surface area contributed by atoms with Crippen molar-refractivity contribution in [2.45, 2.75) is 24.4 Å². The van der Waals surface area contributed by atoms with Crippen molar-refractivity contribution in [3.05, 3.63) is 331 Å². The van der Waals surface area contributed by atoms with Gasteiger partial charge in [0.05, 0.1) is 5.41 Å². The highest BCUT2D eigenvalue weighted by molar-refractivity contribution is 6.18. The first-order valence-corrected chi connectivity index (χ1v) is 36.0. The number of rotatable bonds is 8. The summed E-state index contributed by atoms with van der Waals surface area (Å²) in [5.41, 5.74) is 25.1. The Morgan fingerprint density at radius 1 is 0.286 bits per heavy atom. The van der Waals surface area contributed by atoms with E-state index >= 15 is 0 Å². The van der Waals surface area contributed by atoms with Crippen molar-refractivity contribution in [2.75, 3.05) is 0 Å². The van der Waals surface area contributed by atoms with Gasteiger partial charge in [0.1, 0.15) is 90.2 Å². The number of hydrogen-bond donors (Lipinski definition) is 0. The van der Waals surface area contributed by atoms with Gasteiger partial charge in [-0.3, -0.25) is 0 Å². The molecular formula is C97H56O8. The summed E-state index contributed by atoms with van der Waals surface area (Å²) in [6, 6.07) is 99.2. The zero-order valence-corrected chi connectivity index (χ0v) is 56.2. The van der Waals surface area contributed by atoms with Crippen LogP contribution in [0.2, 0.25) is 0 Å². The van der Waals surface area contributed by atoms with Crippen LogP contribution in [0, 0.1) is 5.92 Å². The van der Waals surface area contributed by atoms with E-state index in [1.807, 2.05) is 0 Å². The summed E-state index contributed by atoms with van der Waals surface area (Å²) in [4.78, 5) is 0. The zero-order chi connectivity index (χ0) is 68.3. The summed E-state index contributed by atoms with van der Waals surface area (Å²) < 4.78 is 55.6. The van der Waals surface area contributed by atoms with Crippen LogP contribution < -0.4 is 4.74 Å². The van der Waals surface area contributed by atoms with E-state index in [0.717, 1.165) is 232 Å². The monoisotopic (exact) mass is 1350 g/mol. The molecule has 1 aliphatic heterocycles. The Morgan fingerprint density at radius 2 is 0.629 bits per heavy atom. The van der Waals surface area contributed by atoms with Crippen LogP contribution in [0.4, 0.5) is 0 Å². The Labute approximate surface area is 597 Å². The lowest BCUT2D eigenvalue weighted by atomic mass is 9.57. The maximum Gasteiger partial charge on any atom is 0.136 e. The molecule has 8 nitrogen and oxygen atoms in total. The van der Waals surface area contributed by atoms with Gasteiger partial charge in [-0.2, -0.15) is 0 Å². The van der Waals surface area contributed by atoms with E-state index in [1.165, 1.54) is 0 Å². The Bertz CT molecular complexity index is 7190. The van der Waals surface area contributed by atoms with Crippen LogP contribution in [0.25, 0.3) is 199 Å². The van der Waals surface area contributed by atoms with Crippen LogP contribution in [0.3, 0.4) is 0 Å². The second-order valence-electron chi connectivity index (χ2n) is 28.7. The normalized spacial score (nSPS) is 15.3. The number of furan rings is 7. The van der Waals surface area contributed by atoms with E-state index in [2.05, 4.69) is 303 Å². The molecule has 14 aromatic carbocycles. The molecule has 0 radical (unpaired) electrons. The van der Waals surface area contributed by atoms with Crippen LogP contribution >= 0.6 is 0 Å². The van der Waals surface area contributed by atoms with Crippen molar-refractivity contribution in [3.63, 3.8) is 0 Å². The third-order valence-electron chi connectivity index (χ3n) is 23.2. The Kier molecular flexibility index (Phi) is 11.6. The number of hydrogen-bond acceptors (Lipinski definition) is 8. The second kappa shape index (κ2) is 21.3. The predicted octanol–water partition coefficient (Wildman–Crippen LogP) is 26.8. The molecule has 0 spiro atoms. The van der Waals surface area contributed by atoms with E-state index in [4.69, 9.17) is 35.7 Å². The smallest absolute Gasteiger partial charge is 0.136 e. The summed E-state index contributed by atoms with van der Waals surface area (Å²) in [5.74, 6) is 1.43. The topological polar surface area (TPSA) is 101 Å². The van der Waals surface area contributed by atoms with Crippen molar-refractivity contribution >= 4 is 154 Å². The molecule has 0 fully saturated rings. The van der Waals surface area contributed by atoms with Crippen molar-refractivity contribution in [2.24, 2.45) is 5.92 Å². The van der Waals surface area contributed by atoms with E-state index < -0.39 is 5.41 Å². The molecule has 0 bridgehead atoms. The summed E-state index contributed by atoms with van der Waals surface area (Å²) in [7, 11) is 0. The maximum atomic E-state index is 7.17. The van der Waals surface area contributed by atoms with Crippen LogP contribution in [0.5, 0.6) is 5.75 Å². The number of fused-ring (bicyclic) bond motifs is 24.